The summed E-state index contributed by atoms with van der Waals surface area (Å²) in [5, 5.41) is 7.54. The topological polar surface area (TPSA) is 8.17 Å². The molecule has 8 aromatic carbocycles. The van der Waals surface area contributed by atoms with Crippen molar-refractivity contribution in [2.45, 2.75) is 0 Å². The van der Waals surface area contributed by atoms with Gasteiger partial charge in [-0.05, 0) is 59.3 Å². The number of rotatable bonds is 5. The van der Waals surface area contributed by atoms with E-state index in [1.54, 1.807) is 0 Å². The highest BCUT2D eigenvalue weighted by Gasteiger charge is 2.24. The number of hydrogen-bond acceptors (Lipinski definition) is 2. The van der Waals surface area contributed by atoms with Gasteiger partial charge in [-0.3, -0.25) is 0 Å². The molecule has 0 unspecified atom stereocenters. The number of nitrogens with zero attached hydrogens (tertiary/aromatic N) is 2. The van der Waals surface area contributed by atoms with E-state index in [-0.39, 0.29) is 0 Å². The fourth-order valence-electron chi connectivity index (χ4n) is 7.68. The van der Waals surface area contributed by atoms with E-state index >= 15 is 0 Å². The number of fused-ring (bicyclic) bond motifs is 7. The summed E-state index contributed by atoms with van der Waals surface area (Å²) < 4.78 is 5.04. The zero-order valence-electron chi connectivity index (χ0n) is 26.6. The molecule has 2 heterocycles. The van der Waals surface area contributed by atoms with Crippen LogP contribution in [0.25, 0.3) is 69.6 Å². The monoisotopic (exact) mass is 642 g/mol. The summed E-state index contributed by atoms with van der Waals surface area (Å²) in [5.41, 5.74) is 9.39. The Kier molecular flexibility index (Phi) is 6.39. The molecule has 3 heteroatoms. The molecule has 0 fully saturated rings. The minimum absolute atomic E-state index is 1.12. The van der Waals surface area contributed by atoms with E-state index in [2.05, 4.69) is 191 Å². The number of anilines is 3. The summed E-state index contributed by atoms with van der Waals surface area (Å²) in [7, 11) is 0. The van der Waals surface area contributed by atoms with Crippen LogP contribution in [0.4, 0.5) is 17.1 Å². The summed E-state index contributed by atoms with van der Waals surface area (Å²) in [6.45, 7) is 0. The van der Waals surface area contributed by atoms with Crippen molar-refractivity contribution in [3.05, 3.63) is 182 Å². The van der Waals surface area contributed by atoms with Crippen LogP contribution in [0.1, 0.15) is 0 Å². The third-order valence-electron chi connectivity index (χ3n) is 9.78. The minimum atomic E-state index is 1.12. The quantitative estimate of drug-likeness (QED) is 0.181. The largest absolute Gasteiger partial charge is 0.309 e. The third kappa shape index (κ3) is 4.33. The maximum Gasteiger partial charge on any atom is 0.0640 e. The first-order valence-electron chi connectivity index (χ1n) is 16.7. The maximum atomic E-state index is 2.46. The molecule has 0 spiro atoms. The number of thiophene rings is 1. The summed E-state index contributed by atoms with van der Waals surface area (Å²) in [5.74, 6) is 0. The van der Waals surface area contributed by atoms with E-state index in [1.165, 1.54) is 69.6 Å². The maximum absolute atomic E-state index is 2.46. The molecular weight excluding hydrogens is 613 g/mol. The van der Waals surface area contributed by atoms with Crippen LogP contribution >= 0.6 is 11.3 Å². The number of para-hydroxylation sites is 4. The van der Waals surface area contributed by atoms with Gasteiger partial charge in [-0.2, -0.15) is 0 Å². The molecule has 0 radical (unpaired) electrons. The number of hydrogen-bond donors (Lipinski definition) is 0. The average Bonchev–Trinajstić information content (AvgIpc) is 3.72. The molecule has 0 N–H and O–H groups in total. The Labute approximate surface area is 288 Å². The Morgan fingerprint density at radius 1 is 0.408 bits per heavy atom. The van der Waals surface area contributed by atoms with Gasteiger partial charge in [-0.1, -0.05) is 133 Å². The van der Waals surface area contributed by atoms with Crippen molar-refractivity contribution in [2.24, 2.45) is 0 Å². The molecule has 0 aliphatic carbocycles. The molecule has 49 heavy (non-hydrogen) atoms. The van der Waals surface area contributed by atoms with E-state index in [1.807, 2.05) is 11.3 Å². The summed E-state index contributed by atoms with van der Waals surface area (Å²) in [6, 6.07) is 66.2. The molecule has 2 aromatic heterocycles. The zero-order chi connectivity index (χ0) is 32.3. The molecular formula is C46H30N2S. The molecule has 230 valence electrons. The fourth-order valence-corrected chi connectivity index (χ4v) is 8.89. The van der Waals surface area contributed by atoms with Gasteiger partial charge in [0.2, 0.25) is 0 Å². The first-order valence-corrected chi connectivity index (χ1v) is 17.5. The summed E-state index contributed by atoms with van der Waals surface area (Å²) >= 11 is 1.87. The van der Waals surface area contributed by atoms with Crippen molar-refractivity contribution < 1.29 is 0 Å². The highest BCUT2D eigenvalue weighted by Crippen LogP contribution is 2.49. The van der Waals surface area contributed by atoms with Crippen LogP contribution in [0.3, 0.4) is 0 Å². The first-order chi connectivity index (χ1) is 24.3. The molecule has 2 nitrogen and oxygen atoms in total. The Hall–Kier alpha value is -6.16. The van der Waals surface area contributed by atoms with Crippen LogP contribution in [0, 0.1) is 0 Å². The SMILES string of the molecule is c1ccc(N(c2ccccc2-c2c(-n3c4ccccc4c4ccccc43)ccc3ccccc23)c2cccc3c2sc2ccccc23)cc1. The molecule has 0 atom stereocenters. The average molecular weight is 643 g/mol. The van der Waals surface area contributed by atoms with Crippen LogP contribution in [0.2, 0.25) is 0 Å². The molecule has 0 amide bonds. The van der Waals surface area contributed by atoms with Crippen molar-refractivity contribution in [3.8, 4) is 16.8 Å². The van der Waals surface area contributed by atoms with E-state index in [4.69, 9.17) is 0 Å². The fraction of sp³-hybridized carbons (Fsp3) is 0. The Morgan fingerprint density at radius 3 is 1.80 bits per heavy atom. The van der Waals surface area contributed by atoms with Crippen LogP contribution < -0.4 is 4.90 Å². The van der Waals surface area contributed by atoms with Gasteiger partial charge in [0, 0.05) is 43.1 Å². The van der Waals surface area contributed by atoms with Gasteiger partial charge in [-0.25, -0.2) is 0 Å². The van der Waals surface area contributed by atoms with Crippen molar-refractivity contribution in [2.75, 3.05) is 4.90 Å². The molecule has 10 aromatic rings. The van der Waals surface area contributed by atoms with Crippen molar-refractivity contribution in [1.29, 1.82) is 0 Å². The van der Waals surface area contributed by atoms with Crippen LogP contribution in [-0.4, -0.2) is 4.57 Å². The van der Waals surface area contributed by atoms with Gasteiger partial charge in [0.25, 0.3) is 0 Å². The van der Waals surface area contributed by atoms with Gasteiger partial charge in [0.1, 0.15) is 0 Å². The Morgan fingerprint density at radius 2 is 1.00 bits per heavy atom. The van der Waals surface area contributed by atoms with Crippen LogP contribution in [0.15, 0.2) is 182 Å². The molecule has 0 saturated heterocycles. The second kappa shape index (κ2) is 11.2. The number of benzene rings is 8. The molecule has 0 saturated carbocycles. The standard InChI is InChI=1S/C46H30N2S/c1-2-16-32(17-3-1)47(43-27-14-23-37-36-21-9-13-28-44(36)49-46(37)43)41-26-12-8-22-38(41)45-33-18-5-4-15-31(33)29-30-42(45)48-39-24-10-6-19-34(39)35-20-7-11-25-40(35)48/h1-30H. The Bertz CT molecular complexity index is 2790. The molecule has 10 rings (SSSR count). The van der Waals surface area contributed by atoms with Gasteiger partial charge < -0.3 is 9.47 Å². The highest BCUT2D eigenvalue weighted by molar-refractivity contribution is 7.26. The lowest BCUT2D eigenvalue weighted by Crippen LogP contribution is -2.12. The molecule has 0 aliphatic rings. The normalized spacial score (nSPS) is 11.7. The van der Waals surface area contributed by atoms with E-state index < -0.39 is 0 Å². The van der Waals surface area contributed by atoms with Gasteiger partial charge >= 0.3 is 0 Å². The number of aromatic nitrogens is 1. The van der Waals surface area contributed by atoms with Gasteiger partial charge in [0.05, 0.1) is 32.8 Å². The van der Waals surface area contributed by atoms with Crippen LogP contribution in [-0.2, 0) is 0 Å². The lowest BCUT2D eigenvalue weighted by atomic mass is 9.94. The first kappa shape index (κ1) is 27.9. The highest BCUT2D eigenvalue weighted by atomic mass is 32.1. The second-order valence-corrected chi connectivity index (χ2v) is 13.5. The Balaban J connectivity index is 1.32. The summed E-state index contributed by atoms with van der Waals surface area (Å²) in [4.78, 5) is 2.46. The van der Waals surface area contributed by atoms with Gasteiger partial charge in [0.15, 0.2) is 0 Å². The minimum Gasteiger partial charge on any atom is -0.309 e. The van der Waals surface area contributed by atoms with E-state index in [0.717, 1.165) is 17.1 Å². The van der Waals surface area contributed by atoms with E-state index in [0.29, 0.717) is 0 Å². The van der Waals surface area contributed by atoms with Gasteiger partial charge in [-0.15, -0.1) is 11.3 Å². The lowest BCUT2D eigenvalue weighted by molar-refractivity contribution is 1.18. The van der Waals surface area contributed by atoms with Crippen molar-refractivity contribution in [1.82, 2.24) is 4.57 Å². The second-order valence-electron chi connectivity index (χ2n) is 12.5. The lowest BCUT2D eigenvalue weighted by Gasteiger charge is -2.29. The predicted molar refractivity (Wildman–Crippen MR) is 211 cm³/mol. The molecule has 0 aliphatic heterocycles. The summed E-state index contributed by atoms with van der Waals surface area (Å²) in [6.07, 6.45) is 0. The van der Waals surface area contributed by atoms with E-state index in [9.17, 15) is 0 Å². The predicted octanol–water partition coefficient (Wildman–Crippen LogP) is 13.4. The smallest absolute Gasteiger partial charge is 0.0640 e. The van der Waals surface area contributed by atoms with Crippen molar-refractivity contribution >= 4 is 81.1 Å². The van der Waals surface area contributed by atoms with Crippen LogP contribution in [0.5, 0.6) is 0 Å². The zero-order valence-corrected chi connectivity index (χ0v) is 27.4. The third-order valence-corrected chi connectivity index (χ3v) is 11.0. The van der Waals surface area contributed by atoms with Crippen molar-refractivity contribution in [3.63, 3.8) is 0 Å². The molecule has 0 bridgehead atoms.